The first-order valence-electron chi connectivity index (χ1n) is 2.77. The van der Waals surface area contributed by atoms with Crippen molar-refractivity contribution in [1.29, 1.82) is 0 Å². The summed E-state index contributed by atoms with van der Waals surface area (Å²) in [6.07, 6.45) is 1.78. The standard InChI is InChI=1S/C5H9NO2.Y/c7-5(8)4-2-1-3-6-4;/h4,6H,1-3H2,(H,7,8);/t4-;/m0./s1. The molecule has 1 heterocycles. The molecule has 1 aliphatic heterocycles. The predicted octanol–water partition coefficient (Wildman–Crippen LogP) is -0.179. The van der Waals surface area contributed by atoms with Crippen LogP contribution < -0.4 is 5.32 Å². The summed E-state index contributed by atoms with van der Waals surface area (Å²) >= 11 is 0. The Bertz CT molecular complexity index is 101. The van der Waals surface area contributed by atoms with Crippen LogP contribution in [0.2, 0.25) is 0 Å². The molecule has 0 amide bonds. The molecule has 1 atom stereocenters. The molecule has 1 aliphatic rings. The summed E-state index contributed by atoms with van der Waals surface area (Å²) in [4.78, 5) is 10.1. The van der Waals surface area contributed by atoms with E-state index in [-0.39, 0.29) is 38.8 Å². The van der Waals surface area contributed by atoms with E-state index in [2.05, 4.69) is 5.32 Å². The van der Waals surface area contributed by atoms with Crippen molar-refractivity contribution in [2.75, 3.05) is 6.54 Å². The molecule has 0 saturated carbocycles. The summed E-state index contributed by atoms with van der Waals surface area (Å²) in [6.45, 7) is 0.858. The molecular weight excluding hydrogens is 195 g/mol. The predicted molar refractivity (Wildman–Crippen MR) is 28.7 cm³/mol. The van der Waals surface area contributed by atoms with Gasteiger partial charge in [0.1, 0.15) is 6.04 Å². The van der Waals surface area contributed by atoms with Gasteiger partial charge in [-0.15, -0.1) is 0 Å². The second kappa shape index (κ2) is 4.37. The van der Waals surface area contributed by atoms with Crippen molar-refractivity contribution in [1.82, 2.24) is 5.32 Å². The van der Waals surface area contributed by atoms with Crippen LogP contribution in [0.3, 0.4) is 0 Å². The third-order valence-electron chi connectivity index (χ3n) is 1.36. The van der Waals surface area contributed by atoms with Gasteiger partial charge in [0.15, 0.2) is 0 Å². The second-order valence-corrected chi connectivity index (χ2v) is 1.99. The van der Waals surface area contributed by atoms with Gasteiger partial charge in [0.25, 0.3) is 0 Å². The van der Waals surface area contributed by atoms with Crippen molar-refractivity contribution in [3.8, 4) is 0 Å². The van der Waals surface area contributed by atoms with Crippen molar-refractivity contribution in [2.45, 2.75) is 18.9 Å². The van der Waals surface area contributed by atoms with Gasteiger partial charge < -0.3 is 10.4 Å². The van der Waals surface area contributed by atoms with E-state index in [9.17, 15) is 4.79 Å². The molecule has 0 aromatic rings. The average molecular weight is 204 g/mol. The summed E-state index contributed by atoms with van der Waals surface area (Å²) in [6, 6.07) is -0.269. The monoisotopic (exact) mass is 204 g/mol. The Morgan fingerprint density at radius 2 is 2.33 bits per heavy atom. The first-order valence-corrected chi connectivity index (χ1v) is 2.77. The van der Waals surface area contributed by atoms with Crippen LogP contribution in [0.4, 0.5) is 0 Å². The maximum Gasteiger partial charge on any atom is 0.320 e. The van der Waals surface area contributed by atoms with Crippen molar-refractivity contribution < 1.29 is 42.6 Å². The Kier molecular flexibility index (Phi) is 4.62. The summed E-state index contributed by atoms with van der Waals surface area (Å²) in [5.41, 5.74) is 0. The van der Waals surface area contributed by atoms with Crippen molar-refractivity contribution in [3.63, 3.8) is 0 Å². The van der Waals surface area contributed by atoms with Gasteiger partial charge in [0.05, 0.1) is 0 Å². The molecule has 0 aromatic heterocycles. The molecule has 1 rings (SSSR count). The number of hydrogen-bond acceptors (Lipinski definition) is 2. The Morgan fingerprint density at radius 3 is 2.56 bits per heavy atom. The Balaban J connectivity index is 0.000000640. The zero-order chi connectivity index (χ0) is 5.98. The number of carboxylic acids is 1. The minimum Gasteiger partial charge on any atom is -0.480 e. The van der Waals surface area contributed by atoms with Crippen LogP contribution in [0.1, 0.15) is 12.8 Å². The molecule has 2 N–H and O–H groups in total. The number of carboxylic acid groups (broad SMARTS) is 1. The summed E-state index contributed by atoms with van der Waals surface area (Å²) in [7, 11) is 0. The van der Waals surface area contributed by atoms with Gasteiger partial charge in [0.2, 0.25) is 0 Å². The SMILES string of the molecule is O=C(O)[C@@H]1CCCN1.[Y]. The summed E-state index contributed by atoms with van der Waals surface area (Å²) in [5, 5.41) is 11.2. The molecule has 0 bridgehead atoms. The van der Waals surface area contributed by atoms with Gasteiger partial charge in [0, 0.05) is 32.7 Å². The molecule has 1 saturated heterocycles. The van der Waals surface area contributed by atoms with Crippen LogP contribution in [0.25, 0.3) is 0 Å². The first-order chi connectivity index (χ1) is 3.80. The number of aliphatic carboxylic acids is 1. The fourth-order valence-electron chi connectivity index (χ4n) is 0.895. The Labute approximate surface area is 79.1 Å². The molecule has 0 spiro atoms. The van der Waals surface area contributed by atoms with Gasteiger partial charge >= 0.3 is 5.97 Å². The molecule has 0 unspecified atom stereocenters. The minimum absolute atomic E-state index is 0. The van der Waals surface area contributed by atoms with E-state index < -0.39 is 5.97 Å². The minimum atomic E-state index is -0.720. The molecule has 0 aromatic carbocycles. The molecule has 9 heavy (non-hydrogen) atoms. The molecule has 4 heteroatoms. The van der Waals surface area contributed by atoms with Crippen LogP contribution in [-0.2, 0) is 37.5 Å². The summed E-state index contributed by atoms with van der Waals surface area (Å²) in [5.74, 6) is -0.720. The van der Waals surface area contributed by atoms with Crippen LogP contribution in [-0.4, -0.2) is 23.7 Å². The Hall–Kier alpha value is 0.534. The van der Waals surface area contributed by atoms with Gasteiger partial charge in [-0.05, 0) is 19.4 Å². The molecule has 0 aliphatic carbocycles. The van der Waals surface area contributed by atoms with E-state index in [1.54, 1.807) is 0 Å². The quantitative estimate of drug-likeness (QED) is 0.622. The largest absolute Gasteiger partial charge is 0.480 e. The molecular formula is C5H9NO2Y. The zero-order valence-corrected chi connectivity index (χ0v) is 7.97. The second-order valence-electron chi connectivity index (χ2n) is 1.99. The smallest absolute Gasteiger partial charge is 0.320 e. The van der Waals surface area contributed by atoms with E-state index in [1.165, 1.54) is 0 Å². The maximum atomic E-state index is 10.1. The maximum absolute atomic E-state index is 10.1. The van der Waals surface area contributed by atoms with Crippen LogP contribution in [0.5, 0.6) is 0 Å². The fourth-order valence-corrected chi connectivity index (χ4v) is 0.895. The van der Waals surface area contributed by atoms with Gasteiger partial charge in [-0.3, -0.25) is 4.79 Å². The van der Waals surface area contributed by atoms with Crippen molar-refractivity contribution in [2.24, 2.45) is 0 Å². The fraction of sp³-hybridized carbons (Fsp3) is 0.800. The summed E-state index contributed by atoms with van der Waals surface area (Å²) < 4.78 is 0. The van der Waals surface area contributed by atoms with Crippen LogP contribution in [0.15, 0.2) is 0 Å². The number of hydrogen-bond donors (Lipinski definition) is 2. The van der Waals surface area contributed by atoms with Crippen molar-refractivity contribution in [3.05, 3.63) is 0 Å². The van der Waals surface area contributed by atoms with E-state index in [4.69, 9.17) is 5.11 Å². The van der Waals surface area contributed by atoms with E-state index in [1.807, 2.05) is 0 Å². The van der Waals surface area contributed by atoms with Gasteiger partial charge in [-0.25, -0.2) is 0 Å². The van der Waals surface area contributed by atoms with Crippen molar-refractivity contribution >= 4 is 5.97 Å². The first kappa shape index (κ1) is 9.53. The third kappa shape index (κ3) is 2.74. The van der Waals surface area contributed by atoms with Crippen LogP contribution >= 0.6 is 0 Å². The molecule has 3 nitrogen and oxygen atoms in total. The normalized spacial score (nSPS) is 25.1. The van der Waals surface area contributed by atoms with Gasteiger partial charge in [-0.2, -0.15) is 0 Å². The van der Waals surface area contributed by atoms with Gasteiger partial charge in [-0.1, -0.05) is 0 Å². The number of carbonyl (C=O) groups is 1. The Morgan fingerprint density at radius 1 is 1.67 bits per heavy atom. The van der Waals surface area contributed by atoms with Crippen LogP contribution in [0, 0.1) is 0 Å². The van der Waals surface area contributed by atoms with E-state index in [0.717, 1.165) is 19.4 Å². The topological polar surface area (TPSA) is 49.3 Å². The zero-order valence-electron chi connectivity index (χ0n) is 5.13. The third-order valence-corrected chi connectivity index (χ3v) is 1.36. The molecule has 1 fully saturated rings. The van der Waals surface area contributed by atoms with E-state index >= 15 is 0 Å². The average Bonchev–Trinajstić information content (AvgIpc) is 2.12. The number of nitrogens with one attached hydrogen (secondary N) is 1. The number of rotatable bonds is 1. The molecule has 49 valence electrons. The van der Waals surface area contributed by atoms with E-state index in [0.29, 0.717) is 0 Å². The molecule has 1 radical (unpaired) electrons.